The average Bonchev–Trinajstić information content (AvgIpc) is 2.48. The fraction of sp³-hybridized carbons (Fsp3) is 0.583. The number of hydrogen-bond donors (Lipinski definition) is 0. The van der Waals surface area contributed by atoms with Crippen molar-refractivity contribution in [1.82, 2.24) is 4.90 Å². The molecule has 0 saturated carbocycles. The maximum absolute atomic E-state index is 11.6. The number of hydrogen-bond acceptors (Lipinski definition) is 3. The van der Waals surface area contributed by atoms with E-state index in [2.05, 4.69) is 0 Å². The van der Waals surface area contributed by atoms with Crippen LogP contribution in [0.2, 0.25) is 0 Å². The quantitative estimate of drug-likeness (QED) is 0.777. The van der Waals surface area contributed by atoms with E-state index in [9.17, 15) is 4.79 Å². The van der Waals surface area contributed by atoms with Gasteiger partial charge in [-0.2, -0.15) is 0 Å². The molecule has 4 heteroatoms. The third-order valence-electron chi connectivity index (χ3n) is 1.89. The minimum atomic E-state index is -0.468. The van der Waals surface area contributed by atoms with Crippen molar-refractivity contribution in [1.29, 1.82) is 0 Å². The van der Waals surface area contributed by atoms with Crippen molar-refractivity contribution in [3.8, 4) is 0 Å². The molecule has 0 atom stereocenters. The van der Waals surface area contributed by atoms with Crippen molar-refractivity contribution in [2.75, 3.05) is 7.05 Å². The van der Waals surface area contributed by atoms with Gasteiger partial charge in [0.2, 0.25) is 0 Å². The molecule has 0 fully saturated rings. The molecule has 1 aromatic heterocycles. The Bertz CT molecular complexity index is 363. The summed E-state index contributed by atoms with van der Waals surface area (Å²) in [5.74, 6) is 1.60. The lowest BCUT2D eigenvalue weighted by molar-refractivity contribution is 0.0274. The summed E-state index contributed by atoms with van der Waals surface area (Å²) < 4.78 is 10.6. The van der Waals surface area contributed by atoms with Crippen molar-refractivity contribution >= 4 is 6.09 Å². The summed E-state index contributed by atoms with van der Waals surface area (Å²) in [4.78, 5) is 13.1. The third-order valence-corrected chi connectivity index (χ3v) is 1.89. The van der Waals surface area contributed by atoms with E-state index in [1.165, 1.54) is 4.90 Å². The summed E-state index contributed by atoms with van der Waals surface area (Å²) >= 11 is 0. The summed E-state index contributed by atoms with van der Waals surface area (Å²) in [5, 5.41) is 0. The van der Waals surface area contributed by atoms with Crippen molar-refractivity contribution in [3.63, 3.8) is 0 Å². The fourth-order valence-corrected chi connectivity index (χ4v) is 1.21. The van der Waals surface area contributed by atoms with Crippen LogP contribution in [0.3, 0.4) is 0 Å². The van der Waals surface area contributed by atoms with E-state index in [-0.39, 0.29) is 6.09 Å². The summed E-state index contributed by atoms with van der Waals surface area (Å²) in [5.41, 5.74) is -0.468. The Morgan fingerprint density at radius 1 is 1.44 bits per heavy atom. The molecular weight excluding hydrogens is 206 g/mol. The van der Waals surface area contributed by atoms with Gasteiger partial charge in [-0.3, -0.25) is 0 Å². The van der Waals surface area contributed by atoms with Crippen LogP contribution < -0.4 is 0 Å². The van der Waals surface area contributed by atoms with Crippen LogP contribution in [0.4, 0.5) is 4.79 Å². The molecule has 0 radical (unpaired) electrons. The smallest absolute Gasteiger partial charge is 0.410 e. The molecule has 0 aromatic carbocycles. The van der Waals surface area contributed by atoms with Crippen LogP contribution in [0.5, 0.6) is 0 Å². The predicted octanol–water partition coefficient (Wildman–Crippen LogP) is 2.95. The lowest BCUT2D eigenvalue weighted by Crippen LogP contribution is -2.33. The highest BCUT2D eigenvalue weighted by molar-refractivity contribution is 5.67. The van der Waals surface area contributed by atoms with Gasteiger partial charge in [0.1, 0.15) is 17.1 Å². The normalized spacial score (nSPS) is 11.3. The van der Waals surface area contributed by atoms with Crippen LogP contribution in [0.1, 0.15) is 32.3 Å². The van der Waals surface area contributed by atoms with Crippen LogP contribution in [-0.2, 0) is 11.3 Å². The van der Waals surface area contributed by atoms with E-state index in [1.54, 1.807) is 7.05 Å². The zero-order valence-electron chi connectivity index (χ0n) is 10.5. The summed E-state index contributed by atoms with van der Waals surface area (Å²) in [6.07, 6.45) is -0.346. The standard InChI is InChI=1S/C12H19NO3/c1-9-6-7-10(15-9)8-13(5)11(14)16-12(2,3)4/h6-7H,8H2,1-5H3. The second-order valence-corrected chi connectivity index (χ2v) is 4.85. The van der Waals surface area contributed by atoms with Crippen molar-refractivity contribution in [2.45, 2.75) is 39.8 Å². The molecule has 1 aromatic rings. The maximum Gasteiger partial charge on any atom is 0.410 e. The van der Waals surface area contributed by atoms with E-state index in [4.69, 9.17) is 9.15 Å². The van der Waals surface area contributed by atoms with Gasteiger partial charge in [-0.05, 0) is 39.8 Å². The molecule has 0 N–H and O–H groups in total. The minimum absolute atomic E-state index is 0.346. The van der Waals surface area contributed by atoms with Crippen molar-refractivity contribution in [2.24, 2.45) is 0 Å². The second kappa shape index (κ2) is 4.60. The van der Waals surface area contributed by atoms with Gasteiger partial charge in [0, 0.05) is 7.05 Å². The van der Waals surface area contributed by atoms with Crippen LogP contribution in [0.15, 0.2) is 16.5 Å². The van der Waals surface area contributed by atoms with Gasteiger partial charge < -0.3 is 14.1 Å². The molecule has 4 nitrogen and oxygen atoms in total. The largest absolute Gasteiger partial charge is 0.464 e. The molecule has 1 amide bonds. The number of ether oxygens (including phenoxy) is 1. The van der Waals surface area contributed by atoms with E-state index in [0.717, 1.165) is 11.5 Å². The van der Waals surface area contributed by atoms with E-state index >= 15 is 0 Å². The van der Waals surface area contributed by atoms with Crippen LogP contribution in [0, 0.1) is 6.92 Å². The zero-order valence-corrected chi connectivity index (χ0v) is 10.5. The summed E-state index contributed by atoms with van der Waals surface area (Å²) in [6.45, 7) is 7.82. The number of nitrogens with zero attached hydrogens (tertiary/aromatic N) is 1. The molecule has 0 saturated heterocycles. The first-order valence-corrected chi connectivity index (χ1v) is 5.27. The van der Waals surface area contributed by atoms with Gasteiger partial charge in [-0.1, -0.05) is 0 Å². The molecule has 0 bridgehead atoms. The summed E-state index contributed by atoms with van der Waals surface area (Å²) in [6, 6.07) is 3.73. The maximum atomic E-state index is 11.6. The Kier molecular flexibility index (Phi) is 3.62. The number of aryl methyl sites for hydroxylation is 1. The number of carbonyl (C=O) groups is 1. The molecule has 0 aliphatic carbocycles. The zero-order chi connectivity index (χ0) is 12.3. The number of furan rings is 1. The SMILES string of the molecule is Cc1ccc(CN(C)C(=O)OC(C)(C)C)o1. The highest BCUT2D eigenvalue weighted by Crippen LogP contribution is 2.12. The molecule has 1 rings (SSSR count). The first-order chi connectivity index (χ1) is 7.28. The molecule has 0 aliphatic rings. The van der Waals surface area contributed by atoms with E-state index < -0.39 is 5.60 Å². The first-order valence-electron chi connectivity index (χ1n) is 5.27. The predicted molar refractivity (Wildman–Crippen MR) is 61.1 cm³/mol. The van der Waals surface area contributed by atoms with Crippen molar-refractivity contribution in [3.05, 3.63) is 23.7 Å². The Morgan fingerprint density at radius 3 is 2.50 bits per heavy atom. The minimum Gasteiger partial charge on any atom is -0.464 e. The number of carbonyl (C=O) groups excluding carboxylic acids is 1. The lowest BCUT2D eigenvalue weighted by atomic mass is 10.2. The molecule has 1 heterocycles. The Balaban J connectivity index is 2.52. The van der Waals surface area contributed by atoms with Gasteiger partial charge in [-0.15, -0.1) is 0 Å². The fourth-order valence-electron chi connectivity index (χ4n) is 1.21. The van der Waals surface area contributed by atoms with E-state index in [0.29, 0.717) is 6.54 Å². The van der Waals surface area contributed by atoms with E-state index in [1.807, 2.05) is 39.8 Å². The number of amides is 1. The topological polar surface area (TPSA) is 42.7 Å². The second-order valence-electron chi connectivity index (χ2n) is 4.85. The number of rotatable bonds is 2. The molecule has 90 valence electrons. The van der Waals surface area contributed by atoms with Gasteiger partial charge in [0.15, 0.2) is 0 Å². The Labute approximate surface area is 96.2 Å². The molecule has 16 heavy (non-hydrogen) atoms. The van der Waals surface area contributed by atoms with Crippen LogP contribution in [-0.4, -0.2) is 23.6 Å². The van der Waals surface area contributed by atoms with Crippen molar-refractivity contribution < 1.29 is 13.9 Å². The van der Waals surface area contributed by atoms with Gasteiger partial charge in [-0.25, -0.2) is 4.79 Å². The van der Waals surface area contributed by atoms with Gasteiger partial charge in [0.25, 0.3) is 0 Å². The van der Waals surface area contributed by atoms with Crippen LogP contribution >= 0.6 is 0 Å². The third kappa shape index (κ3) is 3.96. The lowest BCUT2D eigenvalue weighted by Gasteiger charge is -2.24. The highest BCUT2D eigenvalue weighted by Gasteiger charge is 2.20. The Morgan fingerprint density at radius 2 is 2.06 bits per heavy atom. The molecule has 0 aliphatic heterocycles. The molecule has 0 spiro atoms. The molecular formula is C12H19NO3. The monoisotopic (exact) mass is 225 g/mol. The Hall–Kier alpha value is -1.45. The average molecular weight is 225 g/mol. The van der Waals surface area contributed by atoms with Gasteiger partial charge in [0.05, 0.1) is 6.54 Å². The highest BCUT2D eigenvalue weighted by atomic mass is 16.6. The van der Waals surface area contributed by atoms with Crippen LogP contribution in [0.25, 0.3) is 0 Å². The molecule has 0 unspecified atom stereocenters. The first kappa shape index (κ1) is 12.6. The van der Waals surface area contributed by atoms with Gasteiger partial charge >= 0.3 is 6.09 Å². The summed E-state index contributed by atoms with van der Waals surface area (Å²) in [7, 11) is 1.69.